The number of hydrogen-bond donors (Lipinski definition) is 2. The first-order valence-corrected chi connectivity index (χ1v) is 8.20. The van der Waals surface area contributed by atoms with Crippen LogP contribution in [-0.2, 0) is 6.42 Å². The van der Waals surface area contributed by atoms with Crippen LogP contribution in [0.2, 0.25) is 0 Å². The summed E-state index contributed by atoms with van der Waals surface area (Å²) >= 11 is 0. The molecule has 0 saturated heterocycles. The summed E-state index contributed by atoms with van der Waals surface area (Å²) in [5.74, 6) is 3.51. The van der Waals surface area contributed by atoms with E-state index in [0.717, 1.165) is 30.7 Å². The van der Waals surface area contributed by atoms with Gasteiger partial charge in [0.05, 0.1) is 0 Å². The average Bonchev–Trinajstić information content (AvgIpc) is 3.08. The highest BCUT2D eigenvalue weighted by atomic mass is 14.9. The SMILES string of the molecule is CCCNC(Cc1cccnc1N)C1CC2CCC1C2. The van der Waals surface area contributed by atoms with E-state index >= 15 is 0 Å². The molecule has 3 rings (SSSR count). The molecule has 0 aliphatic heterocycles. The molecule has 20 heavy (non-hydrogen) atoms. The Bertz CT molecular complexity index is 446. The maximum atomic E-state index is 6.03. The van der Waals surface area contributed by atoms with E-state index in [1.54, 1.807) is 6.20 Å². The molecule has 2 fully saturated rings. The van der Waals surface area contributed by atoms with Gasteiger partial charge in [-0.2, -0.15) is 0 Å². The zero-order chi connectivity index (χ0) is 13.9. The average molecular weight is 273 g/mol. The quantitative estimate of drug-likeness (QED) is 0.837. The number of nitrogens with one attached hydrogen (secondary N) is 1. The van der Waals surface area contributed by atoms with Crippen molar-refractivity contribution in [3.05, 3.63) is 23.9 Å². The summed E-state index contributed by atoms with van der Waals surface area (Å²) in [7, 11) is 0. The van der Waals surface area contributed by atoms with E-state index in [4.69, 9.17) is 5.73 Å². The van der Waals surface area contributed by atoms with Crippen molar-refractivity contribution < 1.29 is 0 Å². The van der Waals surface area contributed by atoms with Crippen molar-refractivity contribution in [2.24, 2.45) is 17.8 Å². The fourth-order valence-electron chi connectivity index (χ4n) is 4.35. The highest BCUT2D eigenvalue weighted by Crippen LogP contribution is 2.50. The van der Waals surface area contributed by atoms with Gasteiger partial charge in [0.25, 0.3) is 0 Å². The van der Waals surface area contributed by atoms with Gasteiger partial charge >= 0.3 is 0 Å². The molecule has 0 aromatic carbocycles. The normalized spacial score (nSPS) is 29.8. The van der Waals surface area contributed by atoms with E-state index in [-0.39, 0.29) is 0 Å². The molecular weight excluding hydrogens is 246 g/mol. The Morgan fingerprint density at radius 1 is 1.40 bits per heavy atom. The van der Waals surface area contributed by atoms with Crippen molar-refractivity contribution in [1.29, 1.82) is 0 Å². The fourth-order valence-corrected chi connectivity index (χ4v) is 4.35. The van der Waals surface area contributed by atoms with Gasteiger partial charge in [0.15, 0.2) is 0 Å². The summed E-state index contributed by atoms with van der Waals surface area (Å²) in [5, 5.41) is 3.79. The summed E-state index contributed by atoms with van der Waals surface area (Å²) < 4.78 is 0. The van der Waals surface area contributed by atoms with Crippen molar-refractivity contribution in [3.8, 4) is 0 Å². The number of fused-ring (bicyclic) bond motifs is 2. The first kappa shape index (κ1) is 13.9. The topological polar surface area (TPSA) is 50.9 Å². The predicted octanol–water partition coefficient (Wildman–Crippen LogP) is 3.01. The molecule has 2 saturated carbocycles. The summed E-state index contributed by atoms with van der Waals surface area (Å²) in [6.45, 7) is 3.35. The van der Waals surface area contributed by atoms with Gasteiger partial charge in [0, 0.05) is 12.2 Å². The summed E-state index contributed by atoms with van der Waals surface area (Å²) in [6.07, 6.45) is 9.82. The monoisotopic (exact) mass is 273 g/mol. The lowest BCUT2D eigenvalue weighted by Gasteiger charge is -2.31. The Hall–Kier alpha value is -1.09. The number of rotatable bonds is 6. The molecular formula is C17H27N3. The van der Waals surface area contributed by atoms with Crippen LogP contribution in [0.5, 0.6) is 0 Å². The van der Waals surface area contributed by atoms with Gasteiger partial charge in [0.1, 0.15) is 5.82 Å². The molecule has 4 unspecified atom stereocenters. The van der Waals surface area contributed by atoms with Gasteiger partial charge in [-0.25, -0.2) is 4.98 Å². The minimum absolute atomic E-state index is 0.580. The third-order valence-corrected chi connectivity index (χ3v) is 5.33. The molecule has 1 aromatic heterocycles. The van der Waals surface area contributed by atoms with Crippen LogP contribution in [0.1, 0.15) is 44.6 Å². The molecule has 2 aliphatic carbocycles. The number of anilines is 1. The zero-order valence-corrected chi connectivity index (χ0v) is 12.5. The minimum atomic E-state index is 0.580. The molecule has 0 radical (unpaired) electrons. The standard InChI is InChI=1S/C17H27N3/c1-2-7-19-16(11-14-4-3-8-20-17(14)18)15-10-12-5-6-13(15)9-12/h3-4,8,12-13,15-16,19H,2,5-7,9-11H2,1H3,(H2,18,20). The van der Waals surface area contributed by atoms with Crippen molar-refractivity contribution in [1.82, 2.24) is 10.3 Å². The van der Waals surface area contributed by atoms with Gasteiger partial charge in [-0.3, -0.25) is 0 Å². The van der Waals surface area contributed by atoms with Gasteiger partial charge in [-0.05, 0) is 68.0 Å². The highest BCUT2D eigenvalue weighted by molar-refractivity contribution is 5.39. The summed E-state index contributed by atoms with van der Waals surface area (Å²) in [5.41, 5.74) is 7.25. The van der Waals surface area contributed by atoms with E-state index in [2.05, 4.69) is 23.3 Å². The highest BCUT2D eigenvalue weighted by Gasteiger charge is 2.42. The second-order valence-electron chi connectivity index (χ2n) is 6.65. The molecule has 0 amide bonds. The first-order valence-electron chi connectivity index (χ1n) is 8.20. The molecule has 4 atom stereocenters. The zero-order valence-electron chi connectivity index (χ0n) is 12.5. The van der Waals surface area contributed by atoms with E-state index in [1.165, 1.54) is 37.7 Å². The van der Waals surface area contributed by atoms with Gasteiger partial charge < -0.3 is 11.1 Å². The van der Waals surface area contributed by atoms with Crippen LogP contribution < -0.4 is 11.1 Å². The van der Waals surface area contributed by atoms with Crippen molar-refractivity contribution in [2.75, 3.05) is 12.3 Å². The third-order valence-electron chi connectivity index (χ3n) is 5.33. The lowest BCUT2D eigenvalue weighted by Crippen LogP contribution is -2.41. The van der Waals surface area contributed by atoms with Crippen LogP contribution >= 0.6 is 0 Å². The number of hydrogen-bond acceptors (Lipinski definition) is 3. The molecule has 3 N–H and O–H groups in total. The second-order valence-corrected chi connectivity index (χ2v) is 6.65. The van der Waals surface area contributed by atoms with Crippen LogP contribution in [0.4, 0.5) is 5.82 Å². The maximum Gasteiger partial charge on any atom is 0.126 e. The third kappa shape index (κ3) is 2.83. The van der Waals surface area contributed by atoms with Gasteiger partial charge in [-0.15, -0.1) is 0 Å². The van der Waals surface area contributed by atoms with Gasteiger partial charge in [-0.1, -0.05) is 19.4 Å². The van der Waals surface area contributed by atoms with Crippen LogP contribution in [0, 0.1) is 17.8 Å². The van der Waals surface area contributed by atoms with Crippen molar-refractivity contribution in [2.45, 2.75) is 51.5 Å². The molecule has 2 aliphatic rings. The maximum absolute atomic E-state index is 6.03. The first-order chi connectivity index (χ1) is 9.78. The van der Waals surface area contributed by atoms with Crippen molar-refractivity contribution in [3.63, 3.8) is 0 Å². The fraction of sp³-hybridized carbons (Fsp3) is 0.706. The molecule has 3 nitrogen and oxygen atoms in total. The van der Waals surface area contributed by atoms with Crippen LogP contribution in [0.3, 0.4) is 0 Å². The number of nitrogen functional groups attached to an aromatic ring is 1. The van der Waals surface area contributed by atoms with Crippen LogP contribution in [-0.4, -0.2) is 17.6 Å². The van der Waals surface area contributed by atoms with E-state index in [1.807, 2.05) is 6.07 Å². The number of nitrogens with two attached hydrogens (primary N) is 1. The second kappa shape index (κ2) is 6.13. The Morgan fingerprint density at radius 3 is 2.95 bits per heavy atom. The molecule has 2 bridgehead atoms. The Labute approximate surface area is 122 Å². The predicted molar refractivity (Wildman–Crippen MR) is 83.4 cm³/mol. The minimum Gasteiger partial charge on any atom is -0.383 e. The van der Waals surface area contributed by atoms with E-state index < -0.39 is 0 Å². The van der Waals surface area contributed by atoms with E-state index in [9.17, 15) is 0 Å². The smallest absolute Gasteiger partial charge is 0.126 e. The Morgan fingerprint density at radius 2 is 2.30 bits per heavy atom. The number of pyridine rings is 1. The molecule has 0 spiro atoms. The number of aromatic nitrogens is 1. The molecule has 1 heterocycles. The lowest BCUT2D eigenvalue weighted by atomic mass is 9.81. The Balaban J connectivity index is 1.71. The van der Waals surface area contributed by atoms with Crippen molar-refractivity contribution >= 4 is 5.82 Å². The van der Waals surface area contributed by atoms with Crippen LogP contribution in [0.25, 0.3) is 0 Å². The largest absolute Gasteiger partial charge is 0.383 e. The van der Waals surface area contributed by atoms with Gasteiger partial charge in [0.2, 0.25) is 0 Å². The van der Waals surface area contributed by atoms with Crippen LogP contribution in [0.15, 0.2) is 18.3 Å². The molecule has 110 valence electrons. The molecule has 3 heteroatoms. The number of nitrogens with zero attached hydrogens (tertiary/aromatic N) is 1. The van der Waals surface area contributed by atoms with E-state index in [0.29, 0.717) is 11.9 Å². The molecule has 1 aromatic rings. The summed E-state index contributed by atoms with van der Waals surface area (Å²) in [6, 6.07) is 4.72. The Kier molecular flexibility index (Phi) is 4.25. The lowest BCUT2D eigenvalue weighted by molar-refractivity contribution is 0.247. The summed E-state index contributed by atoms with van der Waals surface area (Å²) in [4.78, 5) is 4.24.